The van der Waals surface area contributed by atoms with Gasteiger partial charge in [0.2, 0.25) is 0 Å². The average Bonchev–Trinajstić information content (AvgIpc) is 2.44. The number of aliphatic hydroxyl groups excluding tert-OH is 1. The summed E-state index contributed by atoms with van der Waals surface area (Å²) in [7, 11) is 1.34. The lowest BCUT2D eigenvalue weighted by Crippen LogP contribution is -2.44. The van der Waals surface area contributed by atoms with Gasteiger partial charge < -0.3 is 30.5 Å². The summed E-state index contributed by atoms with van der Waals surface area (Å²) in [6, 6.07) is -1.07. The lowest BCUT2D eigenvalue weighted by atomic mass is 9.85. The average molecular weight is 316 g/mol. The van der Waals surface area contributed by atoms with Crippen molar-refractivity contribution in [1.82, 2.24) is 5.32 Å². The van der Waals surface area contributed by atoms with Crippen molar-refractivity contribution in [3.05, 3.63) is 11.5 Å². The van der Waals surface area contributed by atoms with Gasteiger partial charge in [-0.1, -0.05) is 0 Å². The first kappa shape index (κ1) is 17.9. The Morgan fingerprint density at radius 2 is 2.05 bits per heavy atom. The second-order valence-electron chi connectivity index (χ2n) is 5.09. The van der Waals surface area contributed by atoms with Crippen molar-refractivity contribution in [3.8, 4) is 0 Å². The molecule has 0 saturated heterocycles. The van der Waals surface area contributed by atoms with Crippen LogP contribution in [0.2, 0.25) is 0 Å². The number of carbonyl (C=O) groups is 2. The van der Waals surface area contributed by atoms with Crippen molar-refractivity contribution < 1.29 is 34.8 Å². The fourth-order valence-corrected chi connectivity index (χ4v) is 2.11. The predicted octanol–water partition coefficient (Wildman–Crippen LogP) is -1.05. The van der Waals surface area contributed by atoms with E-state index in [1.807, 2.05) is 0 Å². The van der Waals surface area contributed by atoms with Gasteiger partial charge in [0.15, 0.2) is 5.76 Å². The Bertz CT molecular complexity index is 515. The Morgan fingerprint density at radius 1 is 1.41 bits per heavy atom. The maximum absolute atomic E-state index is 10.9. The first-order valence-corrected chi connectivity index (χ1v) is 6.58. The third-order valence-corrected chi connectivity index (χ3v) is 3.20. The van der Waals surface area contributed by atoms with Crippen molar-refractivity contribution >= 4 is 17.7 Å². The summed E-state index contributed by atoms with van der Waals surface area (Å²) >= 11 is 0. The molecular formula is C13H20N2O7. The van der Waals surface area contributed by atoms with Crippen LogP contribution in [0.4, 0.5) is 0 Å². The molecule has 0 aromatic heterocycles. The first-order chi connectivity index (χ1) is 10.2. The Hall–Kier alpha value is -2.13. The Morgan fingerprint density at radius 3 is 2.50 bits per heavy atom. The zero-order chi connectivity index (χ0) is 16.9. The molecule has 0 heterocycles. The van der Waals surface area contributed by atoms with Gasteiger partial charge in [0.25, 0.3) is 0 Å². The molecule has 2 atom stereocenters. The number of aliphatic imine (C=N–C) groups is 1. The Balaban J connectivity index is 3.23. The molecule has 124 valence electrons. The van der Waals surface area contributed by atoms with Gasteiger partial charge in [0.05, 0.1) is 30.7 Å². The zero-order valence-corrected chi connectivity index (χ0v) is 12.4. The molecule has 9 nitrogen and oxygen atoms in total. The first-order valence-electron chi connectivity index (χ1n) is 6.58. The second kappa shape index (κ2) is 7.23. The Kier molecular flexibility index (Phi) is 5.89. The van der Waals surface area contributed by atoms with E-state index in [9.17, 15) is 19.8 Å². The van der Waals surface area contributed by atoms with Crippen LogP contribution in [-0.4, -0.2) is 70.0 Å². The number of hydrogen-bond donors (Lipinski definition) is 5. The van der Waals surface area contributed by atoms with Crippen LogP contribution >= 0.6 is 0 Å². The number of aliphatic hydroxyl groups is 2. The highest BCUT2D eigenvalue weighted by molar-refractivity contribution is 6.01. The van der Waals surface area contributed by atoms with Gasteiger partial charge in [-0.25, -0.2) is 4.79 Å². The molecule has 5 N–H and O–H groups in total. The Labute approximate surface area is 126 Å². The minimum absolute atomic E-state index is 0.0551. The van der Waals surface area contributed by atoms with Gasteiger partial charge in [-0.05, 0) is 6.92 Å². The molecule has 22 heavy (non-hydrogen) atoms. The summed E-state index contributed by atoms with van der Waals surface area (Å²) in [6.07, 6.45) is -0.150. The predicted molar refractivity (Wildman–Crippen MR) is 75.5 cm³/mol. The lowest BCUT2D eigenvalue weighted by Gasteiger charge is -2.34. The number of carboxylic acids is 2. The monoisotopic (exact) mass is 316 g/mol. The molecule has 0 amide bonds. The number of allylic oxidation sites excluding steroid dienone is 1. The molecule has 1 aliphatic carbocycles. The SMILES string of the molecule is COC1=C(NCC(=O)O)CC(O)(CO)C/C1=N\C(C)C(=O)O. The van der Waals surface area contributed by atoms with Crippen molar-refractivity contribution in [2.24, 2.45) is 4.99 Å². The van der Waals surface area contributed by atoms with Crippen molar-refractivity contribution in [3.63, 3.8) is 0 Å². The minimum atomic E-state index is -1.56. The normalized spacial score (nSPS) is 25.0. The summed E-state index contributed by atoms with van der Waals surface area (Å²) in [5, 5.41) is 39.9. The molecule has 2 unspecified atom stereocenters. The number of methoxy groups -OCH3 is 1. The molecule has 9 heteroatoms. The lowest BCUT2D eigenvalue weighted by molar-refractivity contribution is -0.138. The van der Waals surface area contributed by atoms with Crippen LogP contribution in [0.15, 0.2) is 16.4 Å². The highest BCUT2D eigenvalue weighted by atomic mass is 16.5. The summed E-state index contributed by atoms with van der Waals surface area (Å²) in [5.41, 5.74) is -1.14. The van der Waals surface area contributed by atoms with Crippen LogP contribution in [0, 0.1) is 0 Å². The fourth-order valence-electron chi connectivity index (χ4n) is 2.11. The van der Waals surface area contributed by atoms with E-state index in [0.29, 0.717) is 0 Å². The van der Waals surface area contributed by atoms with Gasteiger partial charge in [-0.3, -0.25) is 9.79 Å². The maximum Gasteiger partial charge on any atom is 0.328 e. The maximum atomic E-state index is 10.9. The van der Waals surface area contributed by atoms with Crippen LogP contribution in [0.1, 0.15) is 19.8 Å². The van der Waals surface area contributed by atoms with E-state index in [1.165, 1.54) is 14.0 Å². The summed E-state index contributed by atoms with van der Waals surface area (Å²) in [5.74, 6) is -2.08. The molecule has 0 fully saturated rings. The van der Waals surface area contributed by atoms with Crippen molar-refractivity contribution in [2.45, 2.75) is 31.4 Å². The van der Waals surface area contributed by atoms with Crippen LogP contribution in [-0.2, 0) is 14.3 Å². The number of rotatable bonds is 7. The van der Waals surface area contributed by atoms with E-state index in [2.05, 4.69) is 10.3 Å². The molecule has 0 spiro atoms. The number of aliphatic carboxylic acids is 2. The number of nitrogens with zero attached hydrogens (tertiary/aromatic N) is 1. The van der Waals surface area contributed by atoms with Crippen LogP contribution in [0.25, 0.3) is 0 Å². The molecule has 0 saturated carbocycles. The van der Waals surface area contributed by atoms with E-state index in [0.717, 1.165) is 0 Å². The number of hydrogen-bond acceptors (Lipinski definition) is 7. The van der Waals surface area contributed by atoms with Crippen LogP contribution in [0.5, 0.6) is 0 Å². The largest absolute Gasteiger partial charge is 0.493 e. The molecule has 0 radical (unpaired) electrons. The van der Waals surface area contributed by atoms with Gasteiger partial charge in [0, 0.05) is 12.8 Å². The zero-order valence-electron chi connectivity index (χ0n) is 12.4. The van der Waals surface area contributed by atoms with Crippen molar-refractivity contribution in [1.29, 1.82) is 0 Å². The standard InChI is InChI=1S/C13H20N2O7/c1-7(12(19)20)15-9-4-13(21,6-16)3-8(11(9)22-2)14-5-10(17)18/h7,14,16,21H,3-6H2,1-2H3,(H,17,18)(H,19,20)/b15-9+. The molecule has 0 aliphatic heterocycles. The summed E-state index contributed by atoms with van der Waals surface area (Å²) < 4.78 is 5.17. The quantitative estimate of drug-likeness (QED) is 0.399. The molecule has 1 rings (SSSR count). The van der Waals surface area contributed by atoms with E-state index in [-0.39, 0.29) is 30.0 Å². The van der Waals surface area contributed by atoms with E-state index in [4.69, 9.17) is 14.9 Å². The third-order valence-electron chi connectivity index (χ3n) is 3.20. The van der Waals surface area contributed by atoms with E-state index >= 15 is 0 Å². The number of nitrogens with one attached hydrogen (secondary N) is 1. The highest BCUT2D eigenvalue weighted by Gasteiger charge is 2.38. The van der Waals surface area contributed by atoms with Gasteiger partial charge >= 0.3 is 11.9 Å². The highest BCUT2D eigenvalue weighted by Crippen LogP contribution is 2.30. The van der Waals surface area contributed by atoms with E-state index in [1.54, 1.807) is 0 Å². The van der Waals surface area contributed by atoms with E-state index < -0.39 is 36.7 Å². The number of ether oxygens (including phenoxy) is 1. The van der Waals surface area contributed by atoms with Crippen LogP contribution in [0.3, 0.4) is 0 Å². The van der Waals surface area contributed by atoms with Gasteiger partial charge in [-0.15, -0.1) is 0 Å². The smallest absolute Gasteiger partial charge is 0.328 e. The third kappa shape index (κ3) is 4.43. The second-order valence-corrected chi connectivity index (χ2v) is 5.09. The van der Waals surface area contributed by atoms with Gasteiger partial charge in [-0.2, -0.15) is 0 Å². The molecule has 0 aromatic carbocycles. The summed E-state index contributed by atoms with van der Waals surface area (Å²) in [6.45, 7) is 0.369. The van der Waals surface area contributed by atoms with Gasteiger partial charge in [0.1, 0.15) is 12.6 Å². The summed E-state index contributed by atoms with van der Waals surface area (Å²) in [4.78, 5) is 25.6. The molecular weight excluding hydrogens is 296 g/mol. The molecule has 0 bridgehead atoms. The van der Waals surface area contributed by atoms with Crippen molar-refractivity contribution in [2.75, 3.05) is 20.3 Å². The minimum Gasteiger partial charge on any atom is -0.493 e. The van der Waals surface area contributed by atoms with Crippen LogP contribution < -0.4 is 5.32 Å². The number of carboxylic acid groups (broad SMARTS) is 2. The molecule has 0 aromatic rings. The topological polar surface area (TPSA) is 149 Å². The fraction of sp³-hybridized carbons (Fsp3) is 0.615. The molecule has 1 aliphatic rings.